The second-order valence-electron chi connectivity index (χ2n) is 5.57. The summed E-state index contributed by atoms with van der Waals surface area (Å²) in [6, 6.07) is 15.7. The Bertz CT molecular complexity index is 1060. The van der Waals surface area contributed by atoms with Crippen molar-refractivity contribution >= 4 is 33.3 Å². The molecule has 4 nitrogen and oxygen atoms in total. The number of hydrogen-bond donors (Lipinski definition) is 1. The van der Waals surface area contributed by atoms with Crippen molar-refractivity contribution in [3.05, 3.63) is 76.3 Å². The van der Waals surface area contributed by atoms with Crippen LogP contribution in [0.15, 0.2) is 69.9 Å². The maximum atomic E-state index is 12.7. The summed E-state index contributed by atoms with van der Waals surface area (Å²) in [6.07, 6.45) is 1.76. The average molecular weight is 365 g/mol. The second kappa shape index (κ2) is 6.82. The van der Waals surface area contributed by atoms with Gasteiger partial charge in [0.1, 0.15) is 10.7 Å². The molecule has 124 valence electrons. The normalized spacial score (nSPS) is 12.4. The van der Waals surface area contributed by atoms with Crippen LogP contribution < -0.4 is 5.56 Å². The molecule has 0 fully saturated rings. The lowest BCUT2D eigenvalue weighted by atomic mass is 10.1. The van der Waals surface area contributed by atoms with Crippen LogP contribution in [0, 0.1) is 0 Å². The fourth-order valence-electron chi connectivity index (χ4n) is 2.64. The molecule has 3 aromatic heterocycles. The number of thiophene rings is 1. The molecule has 4 aromatic rings. The van der Waals surface area contributed by atoms with E-state index >= 15 is 0 Å². The summed E-state index contributed by atoms with van der Waals surface area (Å²) in [6.45, 7) is 2.02. The molecule has 1 N–H and O–H groups in total. The monoisotopic (exact) mass is 365 g/mol. The number of pyridine rings is 1. The van der Waals surface area contributed by atoms with Crippen molar-refractivity contribution < 1.29 is 0 Å². The lowest BCUT2D eigenvalue weighted by Crippen LogP contribution is -2.12. The van der Waals surface area contributed by atoms with E-state index in [9.17, 15) is 4.79 Å². The molecule has 0 amide bonds. The van der Waals surface area contributed by atoms with E-state index in [4.69, 9.17) is 4.98 Å². The van der Waals surface area contributed by atoms with Crippen LogP contribution in [0.5, 0.6) is 0 Å². The molecule has 3 heterocycles. The predicted molar refractivity (Wildman–Crippen MR) is 104 cm³/mol. The Morgan fingerprint density at radius 2 is 1.92 bits per heavy atom. The van der Waals surface area contributed by atoms with E-state index in [1.807, 2.05) is 60.8 Å². The topological polar surface area (TPSA) is 58.6 Å². The highest BCUT2D eigenvalue weighted by Gasteiger charge is 2.16. The zero-order chi connectivity index (χ0) is 17.2. The summed E-state index contributed by atoms with van der Waals surface area (Å²) < 4.78 is 0. The molecule has 4 rings (SSSR count). The first-order chi connectivity index (χ1) is 12.2. The minimum Gasteiger partial charge on any atom is -0.309 e. The zero-order valence-corrected chi connectivity index (χ0v) is 15.1. The lowest BCUT2D eigenvalue weighted by Gasteiger charge is -2.10. The van der Waals surface area contributed by atoms with Gasteiger partial charge in [0.25, 0.3) is 5.56 Å². The minimum absolute atomic E-state index is 0.00859. The van der Waals surface area contributed by atoms with Gasteiger partial charge in [-0.25, -0.2) is 9.97 Å². The molecule has 1 aromatic carbocycles. The minimum atomic E-state index is -0.0893. The molecule has 6 heteroatoms. The van der Waals surface area contributed by atoms with Crippen LogP contribution in [0.4, 0.5) is 0 Å². The molecular formula is C19H15N3OS2. The number of nitrogens with one attached hydrogen (secondary N) is 1. The molecule has 0 aliphatic rings. The highest BCUT2D eigenvalue weighted by Crippen LogP contribution is 2.34. The van der Waals surface area contributed by atoms with Gasteiger partial charge in [0.15, 0.2) is 0 Å². The Morgan fingerprint density at radius 3 is 2.68 bits per heavy atom. The maximum Gasteiger partial charge on any atom is 0.260 e. The Labute approximate surface area is 153 Å². The molecule has 25 heavy (non-hydrogen) atoms. The molecular weight excluding hydrogens is 350 g/mol. The Hall–Kier alpha value is -2.44. The van der Waals surface area contributed by atoms with Gasteiger partial charge in [-0.1, -0.05) is 48.2 Å². The number of H-pyrrole nitrogens is 1. The number of fused-ring (bicyclic) bond motifs is 1. The smallest absolute Gasteiger partial charge is 0.260 e. The molecule has 0 saturated heterocycles. The van der Waals surface area contributed by atoms with E-state index < -0.39 is 0 Å². The number of aromatic amines is 1. The van der Waals surface area contributed by atoms with Gasteiger partial charge in [0.05, 0.1) is 15.7 Å². The SMILES string of the molecule is CC(Sc1ccccn1)c1nc2scc(-c3ccccc3)c2c(=O)[nH]1. The van der Waals surface area contributed by atoms with E-state index in [0.29, 0.717) is 11.2 Å². The van der Waals surface area contributed by atoms with Crippen molar-refractivity contribution in [1.82, 2.24) is 15.0 Å². The van der Waals surface area contributed by atoms with Gasteiger partial charge in [-0.05, 0) is 24.6 Å². The summed E-state index contributed by atoms with van der Waals surface area (Å²) >= 11 is 3.08. The van der Waals surface area contributed by atoms with Crippen LogP contribution in [-0.4, -0.2) is 15.0 Å². The highest BCUT2D eigenvalue weighted by molar-refractivity contribution is 7.99. The summed E-state index contributed by atoms with van der Waals surface area (Å²) in [5, 5.41) is 3.58. The lowest BCUT2D eigenvalue weighted by molar-refractivity contribution is 0.921. The van der Waals surface area contributed by atoms with Crippen molar-refractivity contribution in [1.29, 1.82) is 0 Å². The van der Waals surface area contributed by atoms with Crippen molar-refractivity contribution in [2.45, 2.75) is 17.2 Å². The number of benzene rings is 1. The van der Waals surface area contributed by atoms with E-state index in [1.54, 1.807) is 18.0 Å². The summed E-state index contributed by atoms with van der Waals surface area (Å²) in [7, 11) is 0. The first-order valence-corrected chi connectivity index (χ1v) is 9.63. The van der Waals surface area contributed by atoms with Crippen LogP contribution in [0.2, 0.25) is 0 Å². The number of hydrogen-bond acceptors (Lipinski definition) is 5. The molecule has 0 aliphatic heterocycles. The third kappa shape index (κ3) is 3.23. The van der Waals surface area contributed by atoms with Crippen molar-refractivity contribution in [3.63, 3.8) is 0 Å². The van der Waals surface area contributed by atoms with Gasteiger partial charge >= 0.3 is 0 Å². The van der Waals surface area contributed by atoms with Crippen LogP contribution >= 0.6 is 23.1 Å². The molecule has 1 unspecified atom stereocenters. The summed E-state index contributed by atoms with van der Waals surface area (Å²) in [5.74, 6) is 0.676. The maximum absolute atomic E-state index is 12.7. The van der Waals surface area contributed by atoms with Crippen molar-refractivity contribution in [3.8, 4) is 11.1 Å². The summed E-state index contributed by atoms with van der Waals surface area (Å²) in [4.78, 5) is 25.4. The Morgan fingerprint density at radius 1 is 1.12 bits per heavy atom. The molecule has 0 radical (unpaired) electrons. The van der Waals surface area contributed by atoms with Crippen LogP contribution in [0.3, 0.4) is 0 Å². The van der Waals surface area contributed by atoms with Crippen LogP contribution in [0.25, 0.3) is 21.3 Å². The molecule has 0 aliphatic carbocycles. The van der Waals surface area contributed by atoms with Gasteiger partial charge in [0.2, 0.25) is 0 Å². The average Bonchev–Trinajstić information content (AvgIpc) is 3.08. The molecule has 0 spiro atoms. The quantitative estimate of drug-likeness (QED) is 0.523. The first kappa shape index (κ1) is 16.1. The Kier molecular flexibility index (Phi) is 4.38. The second-order valence-corrected chi connectivity index (χ2v) is 7.79. The van der Waals surface area contributed by atoms with Gasteiger partial charge in [-0.3, -0.25) is 4.79 Å². The number of rotatable bonds is 4. The fraction of sp³-hybridized carbons (Fsp3) is 0.105. The Balaban J connectivity index is 1.73. The number of aromatic nitrogens is 3. The third-order valence-electron chi connectivity index (χ3n) is 3.87. The van der Waals surface area contributed by atoms with Gasteiger partial charge in [-0.2, -0.15) is 0 Å². The standard InChI is InChI=1S/C19H15N3OS2/c1-12(25-15-9-5-6-10-20-15)17-21-18(23)16-14(11-24-19(16)22-17)13-7-3-2-4-8-13/h2-12H,1H3,(H,21,22,23). The van der Waals surface area contributed by atoms with Crippen molar-refractivity contribution in [2.75, 3.05) is 0 Å². The highest BCUT2D eigenvalue weighted by atomic mass is 32.2. The third-order valence-corrected chi connectivity index (χ3v) is 5.80. The van der Waals surface area contributed by atoms with Crippen LogP contribution in [0.1, 0.15) is 18.0 Å². The number of nitrogens with zero attached hydrogens (tertiary/aromatic N) is 2. The largest absolute Gasteiger partial charge is 0.309 e. The number of thioether (sulfide) groups is 1. The van der Waals surface area contributed by atoms with E-state index in [1.165, 1.54) is 11.3 Å². The first-order valence-electron chi connectivity index (χ1n) is 7.87. The van der Waals surface area contributed by atoms with Gasteiger partial charge in [-0.15, -0.1) is 11.3 Å². The van der Waals surface area contributed by atoms with E-state index in [-0.39, 0.29) is 10.8 Å². The van der Waals surface area contributed by atoms with Crippen LogP contribution in [-0.2, 0) is 0 Å². The van der Waals surface area contributed by atoms with Gasteiger partial charge < -0.3 is 4.98 Å². The van der Waals surface area contributed by atoms with E-state index in [0.717, 1.165) is 21.0 Å². The van der Waals surface area contributed by atoms with Gasteiger partial charge in [0, 0.05) is 17.1 Å². The predicted octanol–water partition coefficient (Wildman–Crippen LogP) is 4.90. The molecule has 0 bridgehead atoms. The molecule has 1 atom stereocenters. The fourth-order valence-corrected chi connectivity index (χ4v) is 4.46. The molecule has 0 saturated carbocycles. The summed E-state index contributed by atoms with van der Waals surface area (Å²) in [5.41, 5.74) is 1.88. The zero-order valence-electron chi connectivity index (χ0n) is 13.5. The van der Waals surface area contributed by atoms with Crippen molar-refractivity contribution in [2.24, 2.45) is 0 Å². The van der Waals surface area contributed by atoms with E-state index in [2.05, 4.69) is 9.97 Å².